The van der Waals surface area contributed by atoms with Crippen LogP contribution in [0.25, 0.3) is 0 Å². The van der Waals surface area contributed by atoms with Gasteiger partial charge in [-0.1, -0.05) is 0 Å². The fourth-order valence-corrected chi connectivity index (χ4v) is 1.84. The van der Waals surface area contributed by atoms with E-state index in [4.69, 9.17) is 0 Å². The highest BCUT2D eigenvalue weighted by atomic mass is 16.1. The van der Waals surface area contributed by atoms with E-state index in [0.717, 1.165) is 32.4 Å². The maximum atomic E-state index is 11.8. The first kappa shape index (κ1) is 11.0. The van der Waals surface area contributed by atoms with E-state index < -0.39 is 0 Å². The molecule has 1 unspecified atom stereocenters. The zero-order chi connectivity index (χ0) is 11.2. The summed E-state index contributed by atoms with van der Waals surface area (Å²) in [5, 5.41) is 6.30. The van der Waals surface area contributed by atoms with Crippen molar-refractivity contribution in [3.8, 4) is 0 Å². The standard InChI is InChI=1S/C11H16N4O/c16-11(10-8-13-6-7-14-10)15-9-2-1-4-12-5-3-9/h6-9,12H,1-5H2,(H,15,16). The lowest BCUT2D eigenvalue weighted by Gasteiger charge is -2.15. The summed E-state index contributed by atoms with van der Waals surface area (Å²) in [6, 6.07) is 0.254. The van der Waals surface area contributed by atoms with E-state index in [-0.39, 0.29) is 11.9 Å². The number of amides is 1. The molecule has 1 fully saturated rings. The molecule has 1 aliphatic heterocycles. The van der Waals surface area contributed by atoms with Crippen molar-refractivity contribution in [1.82, 2.24) is 20.6 Å². The molecule has 2 heterocycles. The van der Waals surface area contributed by atoms with Gasteiger partial charge in [0.1, 0.15) is 5.69 Å². The average molecular weight is 220 g/mol. The number of carbonyl (C=O) groups excluding carboxylic acids is 1. The molecule has 1 aromatic rings. The molecule has 0 aromatic carbocycles. The third kappa shape index (κ3) is 3.00. The van der Waals surface area contributed by atoms with Crippen LogP contribution in [-0.2, 0) is 0 Å². The Balaban J connectivity index is 1.91. The molecule has 1 aromatic heterocycles. The molecule has 0 radical (unpaired) electrons. The monoisotopic (exact) mass is 220 g/mol. The molecule has 0 saturated carbocycles. The Morgan fingerprint density at radius 1 is 1.38 bits per heavy atom. The Labute approximate surface area is 94.7 Å². The van der Waals surface area contributed by atoms with Gasteiger partial charge >= 0.3 is 0 Å². The fourth-order valence-electron chi connectivity index (χ4n) is 1.84. The van der Waals surface area contributed by atoms with Gasteiger partial charge in [-0.2, -0.15) is 0 Å². The van der Waals surface area contributed by atoms with Gasteiger partial charge in [0.05, 0.1) is 6.20 Å². The van der Waals surface area contributed by atoms with Gasteiger partial charge in [-0.25, -0.2) is 4.98 Å². The summed E-state index contributed by atoms with van der Waals surface area (Å²) in [7, 11) is 0. The number of nitrogens with zero attached hydrogens (tertiary/aromatic N) is 2. The van der Waals surface area contributed by atoms with Crippen molar-refractivity contribution < 1.29 is 4.79 Å². The normalized spacial score (nSPS) is 21.1. The summed E-state index contributed by atoms with van der Waals surface area (Å²) in [6.45, 7) is 2.00. The Hall–Kier alpha value is -1.49. The zero-order valence-electron chi connectivity index (χ0n) is 9.15. The molecular weight excluding hydrogens is 204 g/mol. The maximum Gasteiger partial charge on any atom is 0.271 e. The minimum absolute atomic E-state index is 0.125. The van der Waals surface area contributed by atoms with Crippen molar-refractivity contribution in [2.24, 2.45) is 0 Å². The Kier molecular flexibility index (Phi) is 3.82. The molecule has 5 heteroatoms. The van der Waals surface area contributed by atoms with Crippen LogP contribution in [0.3, 0.4) is 0 Å². The summed E-state index contributed by atoms with van der Waals surface area (Å²) < 4.78 is 0. The van der Waals surface area contributed by atoms with Crippen molar-refractivity contribution in [3.05, 3.63) is 24.3 Å². The quantitative estimate of drug-likeness (QED) is 0.754. The Morgan fingerprint density at radius 3 is 3.12 bits per heavy atom. The fraction of sp³-hybridized carbons (Fsp3) is 0.545. The molecule has 16 heavy (non-hydrogen) atoms. The summed E-state index contributed by atoms with van der Waals surface area (Å²) in [5.74, 6) is -0.125. The Morgan fingerprint density at radius 2 is 2.31 bits per heavy atom. The van der Waals surface area contributed by atoms with Crippen LogP contribution < -0.4 is 10.6 Å². The number of nitrogens with one attached hydrogen (secondary N) is 2. The van der Waals surface area contributed by atoms with Crippen LogP contribution in [0.4, 0.5) is 0 Å². The topological polar surface area (TPSA) is 66.9 Å². The summed E-state index contributed by atoms with van der Waals surface area (Å²) in [6.07, 6.45) is 7.69. The van der Waals surface area contributed by atoms with Crippen LogP contribution in [0.15, 0.2) is 18.6 Å². The SMILES string of the molecule is O=C(NC1CCCNCC1)c1cnccn1. The third-order valence-electron chi connectivity index (χ3n) is 2.71. The molecule has 0 aliphatic carbocycles. The molecule has 5 nitrogen and oxygen atoms in total. The first-order chi connectivity index (χ1) is 7.86. The van der Waals surface area contributed by atoms with Crippen LogP contribution in [0.1, 0.15) is 29.8 Å². The lowest BCUT2D eigenvalue weighted by Crippen LogP contribution is -2.35. The summed E-state index contributed by atoms with van der Waals surface area (Å²) in [4.78, 5) is 19.7. The van der Waals surface area contributed by atoms with Crippen LogP contribution in [0.2, 0.25) is 0 Å². The van der Waals surface area contributed by atoms with E-state index in [1.807, 2.05) is 0 Å². The summed E-state index contributed by atoms with van der Waals surface area (Å²) >= 11 is 0. The van der Waals surface area contributed by atoms with Crippen molar-refractivity contribution in [2.45, 2.75) is 25.3 Å². The first-order valence-corrected chi connectivity index (χ1v) is 5.64. The molecule has 0 bridgehead atoms. The number of aromatic nitrogens is 2. The van der Waals surface area contributed by atoms with Gasteiger partial charge in [-0.15, -0.1) is 0 Å². The zero-order valence-corrected chi connectivity index (χ0v) is 9.15. The van der Waals surface area contributed by atoms with Gasteiger partial charge < -0.3 is 10.6 Å². The average Bonchev–Trinajstić information content (AvgIpc) is 2.59. The van der Waals surface area contributed by atoms with E-state index in [2.05, 4.69) is 20.6 Å². The minimum atomic E-state index is -0.125. The van der Waals surface area contributed by atoms with Crippen LogP contribution in [-0.4, -0.2) is 35.0 Å². The van der Waals surface area contributed by atoms with E-state index in [0.29, 0.717) is 5.69 Å². The number of hydrogen-bond acceptors (Lipinski definition) is 4. The summed E-state index contributed by atoms with van der Waals surface area (Å²) in [5.41, 5.74) is 0.389. The Bertz CT molecular complexity index is 333. The maximum absolute atomic E-state index is 11.8. The molecule has 86 valence electrons. The van der Waals surface area contributed by atoms with Crippen molar-refractivity contribution in [1.29, 1.82) is 0 Å². The second-order valence-corrected chi connectivity index (χ2v) is 3.94. The second kappa shape index (κ2) is 5.55. The highest BCUT2D eigenvalue weighted by molar-refractivity contribution is 5.92. The van der Waals surface area contributed by atoms with Gasteiger partial charge in [0.25, 0.3) is 5.91 Å². The number of carbonyl (C=O) groups is 1. The van der Waals surface area contributed by atoms with E-state index in [1.165, 1.54) is 12.4 Å². The first-order valence-electron chi connectivity index (χ1n) is 5.64. The highest BCUT2D eigenvalue weighted by Gasteiger charge is 2.15. The molecule has 1 aliphatic rings. The smallest absolute Gasteiger partial charge is 0.271 e. The van der Waals surface area contributed by atoms with Crippen molar-refractivity contribution in [2.75, 3.05) is 13.1 Å². The number of rotatable bonds is 2. The molecule has 0 spiro atoms. The lowest BCUT2D eigenvalue weighted by atomic mass is 10.1. The van der Waals surface area contributed by atoms with Gasteiger partial charge in [-0.3, -0.25) is 9.78 Å². The van der Waals surface area contributed by atoms with Gasteiger partial charge in [0.2, 0.25) is 0 Å². The lowest BCUT2D eigenvalue weighted by molar-refractivity contribution is 0.0928. The van der Waals surface area contributed by atoms with Gasteiger partial charge in [0.15, 0.2) is 0 Å². The van der Waals surface area contributed by atoms with Gasteiger partial charge in [-0.05, 0) is 32.4 Å². The van der Waals surface area contributed by atoms with Gasteiger partial charge in [0, 0.05) is 18.4 Å². The predicted octanol–water partition coefficient (Wildman–Crippen LogP) is 0.348. The van der Waals surface area contributed by atoms with Crippen molar-refractivity contribution in [3.63, 3.8) is 0 Å². The largest absolute Gasteiger partial charge is 0.348 e. The molecule has 1 saturated heterocycles. The van der Waals surface area contributed by atoms with E-state index in [9.17, 15) is 4.79 Å². The van der Waals surface area contributed by atoms with E-state index in [1.54, 1.807) is 6.20 Å². The third-order valence-corrected chi connectivity index (χ3v) is 2.71. The molecule has 2 rings (SSSR count). The highest BCUT2D eigenvalue weighted by Crippen LogP contribution is 2.05. The molecule has 1 atom stereocenters. The molecular formula is C11H16N4O. The number of hydrogen-bond donors (Lipinski definition) is 2. The van der Waals surface area contributed by atoms with Crippen LogP contribution in [0, 0.1) is 0 Å². The predicted molar refractivity (Wildman–Crippen MR) is 60.0 cm³/mol. The minimum Gasteiger partial charge on any atom is -0.348 e. The van der Waals surface area contributed by atoms with E-state index >= 15 is 0 Å². The molecule has 1 amide bonds. The molecule has 2 N–H and O–H groups in total. The van der Waals surface area contributed by atoms with Crippen LogP contribution >= 0.6 is 0 Å². The second-order valence-electron chi connectivity index (χ2n) is 3.94. The van der Waals surface area contributed by atoms with Crippen LogP contribution in [0.5, 0.6) is 0 Å². The van der Waals surface area contributed by atoms with Crippen molar-refractivity contribution >= 4 is 5.91 Å².